The van der Waals surface area contributed by atoms with E-state index in [2.05, 4.69) is 21.9 Å². The van der Waals surface area contributed by atoms with Crippen LogP contribution in [0.1, 0.15) is 40.9 Å². The van der Waals surface area contributed by atoms with E-state index in [4.69, 9.17) is 21.6 Å². The molecule has 1 unspecified atom stereocenters. The predicted octanol–water partition coefficient (Wildman–Crippen LogP) is 4.83. The highest BCUT2D eigenvalue weighted by Crippen LogP contribution is 2.22. The molecule has 0 fully saturated rings. The highest BCUT2D eigenvalue weighted by Gasteiger charge is 2.25. The van der Waals surface area contributed by atoms with Gasteiger partial charge in [0.25, 0.3) is 11.8 Å². The number of ether oxygens (including phenoxy) is 1. The molecule has 0 aliphatic heterocycles. The zero-order valence-electron chi connectivity index (χ0n) is 19.7. The third-order valence-corrected chi connectivity index (χ3v) is 5.42. The Morgan fingerprint density at radius 1 is 1.14 bits per heavy atom. The Bertz CT molecular complexity index is 1300. The summed E-state index contributed by atoms with van der Waals surface area (Å²) in [7, 11) is 0. The molecule has 3 aromatic rings. The van der Waals surface area contributed by atoms with Crippen LogP contribution in [0.4, 0.5) is 4.39 Å². The largest absolute Gasteiger partial charge is 0.488 e. The third-order valence-electron chi connectivity index (χ3n) is 5.18. The van der Waals surface area contributed by atoms with Crippen molar-refractivity contribution in [2.45, 2.75) is 26.5 Å². The number of nitrogens with one attached hydrogen (secondary N) is 2. The van der Waals surface area contributed by atoms with Crippen molar-refractivity contribution in [2.24, 2.45) is 11.0 Å². The van der Waals surface area contributed by atoms with Gasteiger partial charge >= 0.3 is 0 Å². The lowest BCUT2D eigenvalue weighted by Gasteiger charge is -2.20. The van der Waals surface area contributed by atoms with Crippen molar-refractivity contribution in [2.75, 3.05) is 0 Å². The molecule has 0 aromatic heterocycles. The Morgan fingerprint density at radius 3 is 2.53 bits per heavy atom. The molecule has 2 amide bonds. The first-order valence-electron chi connectivity index (χ1n) is 11.1. The molecule has 0 saturated carbocycles. The lowest BCUT2D eigenvalue weighted by Crippen LogP contribution is -2.48. The number of benzene rings is 3. The predicted molar refractivity (Wildman–Crippen MR) is 135 cm³/mol. The van der Waals surface area contributed by atoms with Gasteiger partial charge in [-0.2, -0.15) is 10.4 Å². The molecule has 36 heavy (non-hydrogen) atoms. The van der Waals surface area contributed by atoms with Crippen LogP contribution in [-0.4, -0.2) is 24.1 Å². The minimum Gasteiger partial charge on any atom is -0.488 e. The first-order chi connectivity index (χ1) is 17.3. The molecular formula is C27H24ClFN4O3. The van der Waals surface area contributed by atoms with Crippen molar-refractivity contribution < 1.29 is 18.7 Å². The number of hydrogen-bond acceptors (Lipinski definition) is 5. The number of hydrazone groups is 1. The highest BCUT2D eigenvalue weighted by molar-refractivity contribution is 6.30. The minimum absolute atomic E-state index is 0.151. The van der Waals surface area contributed by atoms with Gasteiger partial charge in [0.15, 0.2) is 0 Å². The summed E-state index contributed by atoms with van der Waals surface area (Å²) in [6.45, 7) is 3.75. The lowest BCUT2D eigenvalue weighted by molar-refractivity contribution is -0.123. The summed E-state index contributed by atoms with van der Waals surface area (Å²) >= 11 is 6.12. The van der Waals surface area contributed by atoms with Crippen molar-refractivity contribution in [1.82, 2.24) is 10.7 Å². The van der Waals surface area contributed by atoms with E-state index in [0.29, 0.717) is 21.9 Å². The number of rotatable bonds is 9. The van der Waals surface area contributed by atoms with Crippen molar-refractivity contribution >= 4 is 29.6 Å². The summed E-state index contributed by atoms with van der Waals surface area (Å²) < 4.78 is 19.8. The van der Waals surface area contributed by atoms with Gasteiger partial charge in [-0.05, 0) is 53.9 Å². The summed E-state index contributed by atoms with van der Waals surface area (Å²) in [6.07, 6.45) is 1.38. The van der Waals surface area contributed by atoms with Crippen LogP contribution in [-0.2, 0) is 11.4 Å². The Kier molecular flexibility index (Phi) is 9.14. The number of amides is 2. The molecule has 3 aromatic carbocycles. The molecule has 1 atom stereocenters. The smallest absolute Gasteiger partial charge is 0.262 e. The van der Waals surface area contributed by atoms with E-state index in [1.165, 1.54) is 24.4 Å². The number of nitrogens with zero attached hydrogens (tertiary/aromatic N) is 2. The molecule has 0 heterocycles. The molecule has 0 aliphatic carbocycles. The Balaban J connectivity index is 1.67. The topological polar surface area (TPSA) is 104 Å². The van der Waals surface area contributed by atoms with E-state index in [-0.39, 0.29) is 18.1 Å². The summed E-state index contributed by atoms with van der Waals surface area (Å²) in [6, 6.07) is 18.6. The van der Waals surface area contributed by atoms with Gasteiger partial charge in [-0.25, -0.2) is 9.82 Å². The van der Waals surface area contributed by atoms with Crippen molar-refractivity contribution in [3.8, 4) is 11.8 Å². The van der Waals surface area contributed by atoms with Crippen LogP contribution in [0.5, 0.6) is 5.75 Å². The van der Waals surface area contributed by atoms with E-state index in [1.54, 1.807) is 62.4 Å². The second-order valence-electron chi connectivity index (χ2n) is 8.19. The number of carbonyl (C=O) groups is 2. The fraction of sp³-hybridized carbons (Fsp3) is 0.185. The molecule has 0 radical (unpaired) electrons. The van der Waals surface area contributed by atoms with Crippen LogP contribution in [0.25, 0.3) is 0 Å². The fourth-order valence-electron chi connectivity index (χ4n) is 3.22. The quantitative estimate of drug-likeness (QED) is 0.320. The van der Waals surface area contributed by atoms with Crippen molar-refractivity contribution in [3.05, 3.63) is 99.8 Å². The Hall–Kier alpha value is -4.22. The maximum Gasteiger partial charge on any atom is 0.262 e. The number of carbonyl (C=O) groups excluding carboxylic acids is 2. The minimum atomic E-state index is -0.944. The lowest BCUT2D eigenvalue weighted by atomic mass is 10.0. The van der Waals surface area contributed by atoms with Gasteiger partial charge in [0, 0.05) is 10.6 Å². The molecule has 0 aliphatic rings. The van der Waals surface area contributed by atoms with Gasteiger partial charge in [-0.3, -0.25) is 9.59 Å². The SMILES string of the molecule is CC(C)C(NC(=O)c1ccccc1F)C(=O)N/N=C/c1cc(Cl)ccc1OCc1ccc(C#N)cc1. The molecule has 0 spiro atoms. The molecule has 0 saturated heterocycles. The van der Waals surface area contributed by atoms with Crippen molar-refractivity contribution in [3.63, 3.8) is 0 Å². The van der Waals surface area contributed by atoms with Crippen LogP contribution in [0, 0.1) is 23.1 Å². The third kappa shape index (κ3) is 7.14. The molecule has 9 heteroatoms. The maximum atomic E-state index is 13.9. The standard InChI is InChI=1S/C27H24ClFN4O3/c1-17(2)25(32-26(34)22-5-3-4-6-23(22)29)27(35)33-31-15-20-13-21(28)11-12-24(20)36-16-19-9-7-18(14-30)8-10-19/h3-13,15,17,25H,16H2,1-2H3,(H,32,34)(H,33,35)/b31-15+. The zero-order valence-corrected chi connectivity index (χ0v) is 20.4. The van der Waals surface area contributed by atoms with E-state index < -0.39 is 23.7 Å². The Morgan fingerprint density at radius 2 is 1.86 bits per heavy atom. The average molecular weight is 507 g/mol. The van der Waals surface area contributed by atoms with E-state index in [0.717, 1.165) is 5.56 Å². The van der Waals surface area contributed by atoms with Gasteiger partial charge in [0.1, 0.15) is 24.2 Å². The fourth-order valence-corrected chi connectivity index (χ4v) is 3.40. The van der Waals surface area contributed by atoms with Crippen LogP contribution in [0.3, 0.4) is 0 Å². The second-order valence-corrected chi connectivity index (χ2v) is 8.63. The van der Waals surface area contributed by atoms with Gasteiger partial charge in [0.2, 0.25) is 0 Å². The monoisotopic (exact) mass is 506 g/mol. The number of halogens is 2. The summed E-state index contributed by atoms with van der Waals surface area (Å²) in [4.78, 5) is 25.2. The molecule has 0 bridgehead atoms. The van der Waals surface area contributed by atoms with Crippen LogP contribution < -0.4 is 15.5 Å². The van der Waals surface area contributed by atoms with Gasteiger partial charge in [-0.1, -0.05) is 49.7 Å². The molecule has 2 N–H and O–H groups in total. The zero-order chi connectivity index (χ0) is 26.1. The van der Waals surface area contributed by atoms with Crippen LogP contribution in [0.15, 0.2) is 71.8 Å². The maximum absolute atomic E-state index is 13.9. The van der Waals surface area contributed by atoms with E-state index in [9.17, 15) is 14.0 Å². The summed E-state index contributed by atoms with van der Waals surface area (Å²) in [5, 5.41) is 15.9. The van der Waals surface area contributed by atoms with E-state index >= 15 is 0 Å². The van der Waals surface area contributed by atoms with Crippen LogP contribution >= 0.6 is 11.6 Å². The number of nitriles is 1. The van der Waals surface area contributed by atoms with Gasteiger partial charge in [-0.15, -0.1) is 0 Å². The molecular weight excluding hydrogens is 483 g/mol. The highest BCUT2D eigenvalue weighted by atomic mass is 35.5. The number of hydrogen-bond donors (Lipinski definition) is 2. The first kappa shape index (κ1) is 26.4. The second kappa shape index (κ2) is 12.5. The normalized spacial score (nSPS) is 11.7. The Labute approximate surface area is 213 Å². The average Bonchev–Trinajstić information content (AvgIpc) is 2.87. The van der Waals surface area contributed by atoms with E-state index in [1.807, 2.05) is 0 Å². The van der Waals surface area contributed by atoms with Gasteiger partial charge < -0.3 is 10.1 Å². The van der Waals surface area contributed by atoms with Crippen LogP contribution in [0.2, 0.25) is 5.02 Å². The molecule has 184 valence electrons. The summed E-state index contributed by atoms with van der Waals surface area (Å²) in [5.41, 5.74) is 4.20. The van der Waals surface area contributed by atoms with Gasteiger partial charge in [0.05, 0.1) is 23.4 Å². The first-order valence-corrected chi connectivity index (χ1v) is 11.5. The summed E-state index contributed by atoms with van der Waals surface area (Å²) in [5.74, 6) is -1.74. The van der Waals surface area contributed by atoms with Crippen molar-refractivity contribution in [1.29, 1.82) is 5.26 Å². The molecule has 7 nitrogen and oxygen atoms in total. The molecule has 3 rings (SSSR count).